The van der Waals surface area contributed by atoms with Crippen LogP contribution in [0.1, 0.15) is 19.3 Å². The summed E-state index contributed by atoms with van der Waals surface area (Å²) in [6.07, 6.45) is 3.32. The number of non-ortho nitro benzene ring substituents is 1. The van der Waals surface area contributed by atoms with Gasteiger partial charge in [-0.25, -0.2) is 13.1 Å². The second kappa shape index (κ2) is 7.84. The molecule has 0 atom stereocenters. The first-order chi connectivity index (χ1) is 14.3. The Kier molecular flexibility index (Phi) is 5.22. The predicted molar refractivity (Wildman–Crippen MR) is 109 cm³/mol. The van der Waals surface area contributed by atoms with Crippen molar-refractivity contribution in [3.05, 3.63) is 58.8 Å². The molecule has 1 amide bonds. The summed E-state index contributed by atoms with van der Waals surface area (Å²) in [7, 11) is -3.61. The van der Waals surface area contributed by atoms with E-state index in [1.807, 2.05) is 0 Å². The topological polar surface area (TPSA) is 136 Å². The minimum atomic E-state index is -3.61. The lowest BCUT2D eigenvalue weighted by Crippen LogP contribution is -2.25. The number of carbonyl (C=O) groups is 1. The number of amides is 1. The lowest BCUT2D eigenvalue weighted by molar-refractivity contribution is -0.384. The molecule has 0 unspecified atom stereocenters. The molecule has 156 valence electrons. The van der Waals surface area contributed by atoms with Crippen LogP contribution in [0.3, 0.4) is 0 Å². The fraction of sp³-hybridized carbons (Fsp3) is 0.263. The van der Waals surface area contributed by atoms with E-state index < -0.39 is 14.9 Å². The molecule has 1 aliphatic rings. The highest BCUT2D eigenvalue weighted by Gasteiger charge is 2.28. The molecule has 3 aromatic rings. The summed E-state index contributed by atoms with van der Waals surface area (Å²) < 4.78 is 28.8. The van der Waals surface area contributed by atoms with Crippen LogP contribution in [0.5, 0.6) is 0 Å². The molecule has 1 heterocycles. The molecular formula is C19H19N5O5S. The van der Waals surface area contributed by atoms with E-state index in [2.05, 4.69) is 15.1 Å². The number of anilines is 1. The number of sulfonamides is 1. The quantitative estimate of drug-likeness (QED) is 0.417. The van der Waals surface area contributed by atoms with Crippen molar-refractivity contribution in [2.75, 3.05) is 5.32 Å². The molecule has 0 aliphatic heterocycles. The van der Waals surface area contributed by atoms with Gasteiger partial charge in [-0.2, -0.15) is 5.10 Å². The van der Waals surface area contributed by atoms with Crippen LogP contribution < -0.4 is 10.0 Å². The fourth-order valence-electron chi connectivity index (χ4n) is 3.01. The normalized spacial score (nSPS) is 14.0. The van der Waals surface area contributed by atoms with E-state index in [4.69, 9.17) is 0 Å². The van der Waals surface area contributed by atoms with Crippen LogP contribution in [0.15, 0.2) is 53.6 Å². The van der Waals surface area contributed by atoms with Gasteiger partial charge in [-0.3, -0.25) is 19.6 Å². The summed E-state index contributed by atoms with van der Waals surface area (Å²) in [5, 5.41) is 18.6. The Morgan fingerprint density at radius 2 is 2.03 bits per heavy atom. The molecule has 2 aromatic carbocycles. The van der Waals surface area contributed by atoms with Gasteiger partial charge < -0.3 is 5.32 Å². The van der Waals surface area contributed by atoms with Gasteiger partial charge in [0.1, 0.15) is 0 Å². The average molecular weight is 429 g/mol. The maximum atomic E-state index is 12.3. The molecular weight excluding hydrogens is 410 g/mol. The van der Waals surface area contributed by atoms with Crippen molar-refractivity contribution in [1.29, 1.82) is 0 Å². The number of fused-ring (bicyclic) bond motifs is 1. The molecule has 1 aliphatic carbocycles. The molecule has 1 aromatic heterocycles. The van der Waals surface area contributed by atoms with Crippen LogP contribution in [0.25, 0.3) is 10.9 Å². The number of nitro groups is 1. The van der Waals surface area contributed by atoms with Crippen molar-refractivity contribution in [3.8, 4) is 0 Å². The third-order valence-electron chi connectivity index (χ3n) is 4.72. The van der Waals surface area contributed by atoms with Crippen LogP contribution >= 0.6 is 0 Å². The first-order valence-electron chi connectivity index (χ1n) is 9.34. The highest BCUT2D eigenvalue weighted by molar-refractivity contribution is 7.89. The summed E-state index contributed by atoms with van der Waals surface area (Å²) in [6, 6.07) is 10.5. The molecule has 10 nitrogen and oxygen atoms in total. The first-order valence-corrected chi connectivity index (χ1v) is 10.8. The van der Waals surface area contributed by atoms with E-state index in [9.17, 15) is 23.3 Å². The number of hydrogen-bond donors (Lipinski definition) is 2. The summed E-state index contributed by atoms with van der Waals surface area (Å²) in [5.41, 5.74) is 0.891. The SMILES string of the molecule is O=C(CCn1ncc2ccc([N+](=O)[O-])cc21)Nc1cccc(S(=O)(=O)NC2CC2)c1. The highest BCUT2D eigenvalue weighted by atomic mass is 32.2. The molecule has 1 saturated carbocycles. The van der Waals surface area contributed by atoms with Gasteiger partial charge in [0, 0.05) is 35.7 Å². The van der Waals surface area contributed by atoms with Crippen LogP contribution in [0.4, 0.5) is 11.4 Å². The van der Waals surface area contributed by atoms with Crippen molar-refractivity contribution in [1.82, 2.24) is 14.5 Å². The largest absolute Gasteiger partial charge is 0.326 e. The number of nitrogens with one attached hydrogen (secondary N) is 2. The molecule has 30 heavy (non-hydrogen) atoms. The van der Waals surface area contributed by atoms with E-state index in [0.717, 1.165) is 18.2 Å². The number of nitro benzene ring substituents is 1. The fourth-order valence-corrected chi connectivity index (χ4v) is 4.36. The van der Waals surface area contributed by atoms with Gasteiger partial charge in [-0.05, 0) is 37.1 Å². The van der Waals surface area contributed by atoms with Crippen molar-refractivity contribution in [3.63, 3.8) is 0 Å². The average Bonchev–Trinajstić information content (AvgIpc) is 3.42. The number of hydrogen-bond acceptors (Lipinski definition) is 6. The molecule has 2 N–H and O–H groups in total. The predicted octanol–water partition coefficient (Wildman–Crippen LogP) is 2.41. The molecule has 0 saturated heterocycles. The smallest absolute Gasteiger partial charge is 0.271 e. The van der Waals surface area contributed by atoms with Crippen molar-refractivity contribution >= 4 is 38.2 Å². The monoisotopic (exact) mass is 429 g/mol. The minimum Gasteiger partial charge on any atom is -0.326 e. The Morgan fingerprint density at radius 3 is 2.77 bits per heavy atom. The summed E-state index contributed by atoms with van der Waals surface area (Å²) >= 11 is 0. The van der Waals surface area contributed by atoms with Gasteiger partial charge in [0.15, 0.2) is 0 Å². The van der Waals surface area contributed by atoms with Gasteiger partial charge in [0.25, 0.3) is 5.69 Å². The lowest BCUT2D eigenvalue weighted by Gasteiger charge is -2.09. The standard InChI is InChI=1S/C19H19N5O5S/c25-19(8-9-23-18-11-16(24(26)27)7-4-13(18)12-20-23)21-15-2-1-3-17(10-15)30(28,29)22-14-5-6-14/h1-4,7,10-12,14,22H,5-6,8-9H2,(H,21,25). The molecule has 11 heteroatoms. The van der Waals surface area contributed by atoms with Crippen LogP contribution in [-0.4, -0.2) is 35.1 Å². The van der Waals surface area contributed by atoms with E-state index in [-0.39, 0.29) is 35.5 Å². The third-order valence-corrected chi connectivity index (χ3v) is 6.24. The molecule has 0 spiro atoms. The van der Waals surface area contributed by atoms with Gasteiger partial charge in [-0.1, -0.05) is 6.07 Å². The van der Waals surface area contributed by atoms with Crippen LogP contribution in [-0.2, 0) is 21.4 Å². The number of carbonyl (C=O) groups excluding carboxylic acids is 1. The Hall–Kier alpha value is -3.31. The zero-order valence-electron chi connectivity index (χ0n) is 15.8. The zero-order valence-corrected chi connectivity index (χ0v) is 16.6. The number of rotatable bonds is 8. The second-order valence-corrected chi connectivity index (χ2v) is 8.80. The van der Waals surface area contributed by atoms with Crippen molar-refractivity contribution in [2.24, 2.45) is 0 Å². The summed E-state index contributed by atoms with van der Waals surface area (Å²) in [5.74, 6) is -0.325. The Balaban J connectivity index is 1.42. The maximum Gasteiger partial charge on any atom is 0.271 e. The number of aromatic nitrogens is 2. The summed E-state index contributed by atoms with van der Waals surface area (Å²) in [6.45, 7) is 0.220. The van der Waals surface area contributed by atoms with Gasteiger partial charge >= 0.3 is 0 Å². The lowest BCUT2D eigenvalue weighted by atomic mass is 10.2. The second-order valence-electron chi connectivity index (χ2n) is 7.09. The zero-order chi connectivity index (χ0) is 21.3. The Labute approximate surface area is 172 Å². The van der Waals surface area contributed by atoms with E-state index in [1.165, 1.54) is 28.9 Å². The first kappa shape index (κ1) is 20.0. The van der Waals surface area contributed by atoms with E-state index in [1.54, 1.807) is 24.4 Å². The maximum absolute atomic E-state index is 12.3. The highest BCUT2D eigenvalue weighted by Crippen LogP contribution is 2.24. The Morgan fingerprint density at radius 1 is 1.23 bits per heavy atom. The van der Waals surface area contributed by atoms with Gasteiger partial charge in [0.05, 0.1) is 28.1 Å². The van der Waals surface area contributed by atoms with E-state index >= 15 is 0 Å². The number of nitrogens with zero attached hydrogens (tertiary/aromatic N) is 3. The van der Waals surface area contributed by atoms with Gasteiger partial charge in [0.2, 0.25) is 15.9 Å². The van der Waals surface area contributed by atoms with Crippen molar-refractivity contribution in [2.45, 2.75) is 36.7 Å². The Bertz CT molecular complexity index is 1230. The molecule has 1 fully saturated rings. The number of benzene rings is 2. The minimum absolute atomic E-state index is 0.00651. The van der Waals surface area contributed by atoms with Crippen LogP contribution in [0, 0.1) is 10.1 Å². The molecule has 4 rings (SSSR count). The van der Waals surface area contributed by atoms with Crippen molar-refractivity contribution < 1.29 is 18.1 Å². The number of aryl methyl sites for hydroxylation is 1. The van der Waals surface area contributed by atoms with Crippen LogP contribution in [0.2, 0.25) is 0 Å². The van der Waals surface area contributed by atoms with Gasteiger partial charge in [-0.15, -0.1) is 0 Å². The molecule has 0 bridgehead atoms. The summed E-state index contributed by atoms with van der Waals surface area (Å²) in [4.78, 5) is 22.9. The molecule has 0 radical (unpaired) electrons. The third kappa shape index (κ3) is 4.47. The van der Waals surface area contributed by atoms with E-state index in [0.29, 0.717) is 11.2 Å².